The first-order valence-corrected chi connectivity index (χ1v) is 9.74. The van der Waals surface area contributed by atoms with E-state index < -0.39 is 0 Å². The number of benzene rings is 2. The molecule has 142 valence electrons. The van der Waals surface area contributed by atoms with Gasteiger partial charge in [-0.25, -0.2) is 4.79 Å². The predicted molar refractivity (Wildman–Crippen MR) is 113 cm³/mol. The first kappa shape index (κ1) is 19.4. The van der Waals surface area contributed by atoms with Crippen molar-refractivity contribution in [2.75, 3.05) is 18.4 Å². The van der Waals surface area contributed by atoms with Crippen molar-refractivity contribution >= 4 is 29.0 Å². The molecule has 0 spiro atoms. The maximum Gasteiger partial charge on any atom is 0.338 e. The van der Waals surface area contributed by atoms with Gasteiger partial charge in [-0.15, -0.1) is 0 Å². The molecule has 27 heavy (non-hydrogen) atoms. The maximum atomic E-state index is 12.5. The fraction of sp³-hybridized carbons (Fsp3) is 0.364. The Kier molecular flexibility index (Phi) is 6.11. The van der Waals surface area contributed by atoms with Gasteiger partial charge in [0.05, 0.1) is 5.56 Å². The summed E-state index contributed by atoms with van der Waals surface area (Å²) in [6, 6.07) is 11.8. The minimum Gasteiger partial charge on any atom is -0.457 e. The van der Waals surface area contributed by atoms with Crippen LogP contribution in [-0.2, 0) is 11.3 Å². The van der Waals surface area contributed by atoms with E-state index in [1.807, 2.05) is 57.2 Å². The molecule has 1 aliphatic heterocycles. The lowest BCUT2D eigenvalue weighted by Crippen LogP contribution is -2.32. The van der Waals surface area contributed by atoms with Crippen molar-refractivity contribution in [3.8, 4) is 0 Å². The zero-order chi connectivity index (χ0) is 19.4. The highest BCUT2D eigenvalue weighted by molar-refractivity contribution is 7.80. The number of ether oxygens (including phenoxy) is 1. The molecular formula is C22H26N2O2S. The topological polar surface area (TPSA) is 41.6 Å². The standard InChI is InChI=1S/C22H26N2O2S/c1-15-6-8-18(9-7-15)14-26-21(25)19-12-17(3)20(13-16(19)2)23-22(27)24-10-4-5-11-24/h6-9,12-13H,4-5,10-11,14H2,1-3H3,(H,23,27). The second kappa shape index (κ2) is 8.53. The van der Waals surface area contributed by atoms with Crippen molar-refractivity contribution in [2.24, 2.45) is 0 Å². The largest absolute Gasteiger partial charge is 0.457 e. The van der Waals surface area contributed by atoms with E-state index in [4.69, 9.17) is 17.0 Å². The van der Waals surface area contributed by atoms with E-state index in [1.165, 1.54) is 18.4 Å². The van der Waals surface area contributed by atoms with Crippen LogP contribution in [0.2, 0.25) is 0 Å². The summed E-state index contributed by atoms with van der Waals surface area (Å²) in [5.74, 6) is -0.301. The first-order chi connectivity index (χ1) is 12.9. The van der Waals surface area contributed by atoms with Gasteiger partial charge < -0.3 is 15.0 Å². The molecule has 1 heterocycles. The first-order valence-electron chi connectivity index (χ1n) is 9.34. The summed E-state index contributed by atoms with van der Waals surface area (Å²) in [6.45, 7) is 8.22. The molecule has 0 unspecified atom stereocenters. The second-order valence-electron chi connectivity index (χ2n) is 7.17. The average molecular weight is 383 g/mol. The average Bonchev–Trinajstić information content (AvgIpc) is 3.18. The van der Waals surface area contributed by atoms with Crippen LogP contribution in [0.3, 0.4) is 0 Å². The third-order valence-electron chi connectivity index (χ3n) is 4.92. The van der Waals surface area contributed by atoms with E-state index in [0.29, 0.717) is 5.56 Å². The van der Waals surface area contributed by atoms with Gasteiger partial charge >= 0.3 is 5.97 Å². The van der Waals surface area contributed by atoms with Crippen LogP contribution in [0.25, 0.3) is 0 Å². The van der Waals surface area contributed by atoms with E-state index >= 15 is 0 Å². The summed E-state index contributed by atoms with van der Waals surface area (Å²) >= 11 is 5.51. The van der Waals surface area contributed by atoms with E-state index in [0.717, 1.165) is 40.6 Å². The number of likely N-dealkylation sites (tertiary alicyclic amines) is 1. The number of rotatable bonds is 4. The lowest BCUT2D eigenvalue weighted by molar-refractivity contribution is 0.0472. The highest BCUT2D eigenvalue weighted by Crippen LogP contribution is 2.23. The van der Waals surface area contributed by atoms with Gasteiger partial charge in [0.15, 0.2) is 5.11 Å². The molecule has 1 N–H and O–H groups in total. The minimum absolute atomic E-state index is 0.274. The van der Waals surface area contributed by atoms with Crippen molar-refractivity contribution < 1.29 is 9.53 Å². The van der Waals surface area contributed by atoms with Crippen LogP contribution < -0.4 is 5.32 Å². The maximum absolute atomic E-state index is 12.5. The molecular weight excluding hydrogens is 356 g/mol. The lowest BCUT2D eigenvalue weighted by Gasteiger charge is -2.21. The molecule has 0 radical (unpaired) electrons. The van der Waals surface area contributed by atoms with E-state index in [-0.39, 0.29) is 12.6 Å². The number of carbonyl (C=O) groups excluding carboxylic acids is 1. The molecule has 1 fully saturated rings. The fourth-order valence-electron chi connectivity index (χ4n) is 3.20. The molecule has 4 nitrogen and oxygen atoms in total. The number of anilines is 1. The molecule has 1 saturated heterocycles. The zero-order valence-corrected chi connectivity index (χ0v) is 17.0. The number of hydrogen-bond donors (Lipinski definition) is 1. The Morgan fingerprint density at radius 3 is 2.41 bits per heavy atom. The van der Waals surface area contributed by atoms with Gasteiger partial charge in [0.25, 0.3) is 0 Å². The van der Waals surface area contributed by atoms with E-state index in [2.05, 4.69) is 10.2 Å². The van der Waals surface area contributed by atoms with Crippen LogP contribution in [-0.4, -0.2) is 29.1 Å². The highest BCUT2D eigenvalue weighted by Gasteiger charge is 2.17. The Labute approximate surface area is 166 Å². The summed E-state index contributed by atoms with van der Waals surface area (Å²) in [6.07, 6.45) is 2.37. The molecule has 0 atom stereocenters. The number of carbonyl (C=O) groups is 1. The summed E-state index contributed by atoms with van der Waals surface area (Å²) < 4.78 is 5.50. The fourth-order valence-corrected chi connectivity index (χ4v) is 3.49. The van der Waals surface area contributed by atoms with Crippen LogP contribution in [0.15, 0.2) is 36.4 Å². The summed E-state index contributed by atoms with van der Waals surface area (Å²) in [4.78, 5) is 14.7. The van der Waals surface area contributed by atoms with Gasteiger partial charge in [0.2, 0.25) is 0 Å². The molecule has 0 saturated carbocycles. The molecule has 0 aromatic heterocycles. The molecule has 0 aliphatic carbocycles. The lowest BCUT2D eigenvalue weighted by atomic mass is 10.0. The second-order valence-corrected chi connectivity index (χ2v) is 7.55. The SMILES string of the molecule is Cc1ccc(COC(=O)c2cc(C)c(NC(=S)N3CCCC3)cc2C)cc1. The molecule has 0 amide bonds. The normalized spacial score (nSPS) is 13.5. The molecule has 2 aromatic rings. The van der Waals surface area contributed by atoms with Gasteiger partial charge in [-0.05, 0) is 74.7 Å². The van der Waals surface area contributed by atoms with Gasteiger partial charge in [-0.2, -0.15) is 0 Å². The van der Waals surface area contributed by atoms with Crippen molar-refractivity contribution in [2.45, 2.75) is 40.2 Å². The third kappa shape index (κ3) is 4.86. The Hall–Kier alpha value is -2.40. The summed E-state index contributed by atoms with van der Waals surface area (Å²) in [7, 11) is 0. The van der Waals surface area contributed by atoms with Crippen LogP contribution >= 0.6 is 12.2 Å². The van der Waals surface area contributed by atoms with E-state index in [9.17, 15) is 4.79 Å². The molecule has 3 rings (SSSR count). The third-order valence-corrected chi connectivity index (χ3v) is 5.28. The number of nitrogens with one attached hydrogen (secondary N) is 1. The zero-order valence-electron chi connectivity index (χ0n) is 16.2. The van der Waals surface area contributed by atoms with Crippen LogP contribution in [0, 0.1) is 20.8 Å². The molecule has 0 bridgehead atoms. The number of hydrogen-bond acceptors (Lipinski definition) is 3. The number of thiocarbonyl (C=S) groups is 1. The van der Waals surface area contributed by atoms with Crippen LogP contribution in [0.1, 0.15) is 45.5 Å². The van der Waals surface area contributed by atoms with Gasteiger partial charge in [-0.1, -0.05) is 29.8 Å². The van der Waals surface area contributed by atoms with Crippen LogP contribution in [0.5, 0.6) is 0 Å². The van der Waals surface area contributed by atoms with Crippen molar-refractivity contribution in [1.29, 1.82) is 0 Å². The number of aryl methyl sites for hydroxylation is 3. The smallest absolute Gasteiger partial charge is 0.338 e. The van der Waals surface area contributed by atoms with Crippen molar-refractivity contribution in [3.63, 3.8) is 0 Å². The van der Waals surface area contributed by atoms with Gasteiger partial charge in [0.1, 0.15) is 6.61 Å². The molecule has 5 heteroatoms. The highest BCUT2D eigenvalue weighted by atomic mass is 32.1. The summed E-state index contributed by atoms with van der Waals surface area (Å²) in [5, 5.41) is 4.08. The Balaban J connectivity index is 1.66. The molecule has 1 aliphatic rings. The van der Waals surface area contributed by atoms with Gasteiger partial charge in [-0.3, -0.25) is 0 Å². The molecule has 2 aromatic carbocycles. The number of esters is 1. The van der Waals surface area contributed by atoms with E-state index in [1.54, 1.807) is 0 Å². The van der Waals surface area contributed by atoms with Crippen molar-refractivity contribution in [1.82, 2.24) is 4.90 Å². The van der Waals surface area contributed by atoms with Crippen LogP contribution in [0.4, 0.5) is 5.69 Å². The predicted octanol–water partition coefficient (Wildman–Crippen LogP) is 4.76. The Bertz CT molecular complexity index is 840. The summed E-state index contributed by atoms with van der Waals surface area (Å²) in [5.41, 5.74) is 5.56. The Morgan fingerprint density at radius 2 is 1.74 bits per heavy atom. The quantitative estimate of drug-likeness (QED) is 0.610. The minimum atomic E-state index is -0.301. The van der Waals surface area contributed by atoms with Gasteiger partial charge in [0, 0.05) is 18.8 Å². The van der Waals surface area contributed by atoms with Crippen molar-refractivity contribution in [3.05, 3.63) is 64.2 Å². The Morgan fingerprint density at radius 1 is 1.07 bits per heavy atom. The number of nitrogens with zero attached hydrogens (tertiary/aromatic N) is 1. The monoisotopic (exact) mass is 382 g/mol.